The molecule has 1 aromatic heterocycles. The van der Waals surface area contributed by atoms with Crippen LogP contribution in [-0.2, 0) is 19.6 Å². The molecule has 1 aromatic carbocycles. The molecule has 0 spiro atoms. The van der Waals surface area contributed by atoms with Crippen LogP contribution in [0.1, 0.15) is 30.7 Å². The number of nitrogens with zero attached hydrogens (tertiary/aromatic N) is 3. The van der Waals surface area contributed by atoms with Gasteiger partial charge in [-0.25, -0.2) is 4.98 Å². The van der Waals surface area contributed by atoms with Crippen LogP contribution in [0.4, 0.5) is 0 Å². The van der Waals surface area contributed by atoms with E-state index in [0.717, 1.165) is 43.2 Å². The second kappa shape index (κ2) is 4.86. The molecule has 4 nitrogen and oxygen atoms in total. The van der Waals surface area contributed by atoms with Crippen molar-refractivity contribution in [2.75, 3.05) is 13.1 Å². The summed E-state index contributed by atoms with van der Waals surface area (Å²) in [6.07, 6.45) is 5.20. The van der Waals surface area contributed by atoms with Gasteiger partial charge in [-0.1, -0.05) is 12.5 Å². The molecule has 0 bridgehead atoms. The highest BCUT2D eigenvalue weighted by molar-refractivity contribution is 5.77. The van der Waals surface area contributed by atoms with Crippen LogP contribution in [0.5, 0.6) is 0 Å². The Labute approximate surface area is 119 Å². The molecule has 1 N–H and O–H groups in total. The van der Waals surface area contributed by atoms with Gasteiger partial charge in [0.25, 0.3) is 0 Å². The lowest BCUT2D eigenvalue weighted by Crippen LogP contribution is -2.41. The quantitative estimate of drug-likeness (QED) is 0.907. The number of aliphatic hydroxyl groups is 1. The zero-order valence-electron chi connectivity index (χ0n) is 11.8. The van der Waals surface area contributed by atoms with Gasteiger partial charge in [0.15, 0.2) is 0 Å². The van der Waals surface area contributed by atoms with Crippen molar-refractivity contribution in [3.8, 4) is 0 Å². The van der Waals surface area contributed by atoms with Crippen molar-refractivity contribution in [1.29, 1.82) is 0 Å². The molecular weight excluding hydrogens is 250 g/mol. The number of fused-ring (bicyclic) bond motifs is 3. The van der Waals surface area contributed by atoms with E-state index in [1.54, 1.807) is 0 Å². The van der Waals surface area contributed by atoms with Crippen molar-refractivity contribution in [3.05, 3.63) is 29.6 Å². The summed E-state index contributed by atoms with van der Waals surface area (Å²) in [6.45, 7) is 3.42. The fraction of sp³-hybridized carbons (Fsp3) is 0.562. The van der Waals surface area contributed by atoms with Gasteiger partial charge in [0.05, 0.1) is 17.6 Å². The number of benzene rings is 1. The van der Waals surface area contributed by atoms with Crippen LogP contribution in [-0.4, -0.2) is 38.7 Å². The summed E-state index contributed by atoms with van der Waals surface area (Å²) in [5.74, 6) is 1.21. The van der Waals surface area contributed by atoms with E-state index in [-0.39, 0.29) is 6.61 Å². The Kier molecular flexibility index (Phi) is 3.00. The van der Waals surface area contributed by atoms with Crippen LogP contribution in [0.3, 0.4) is 0 Å². The lowest BCUT2D eigenvalue weighted by atomic mass is 9.91. The van der Waals surface area contributed by atoms with Gasteiger partial charge in [0.2, 0.25) is 0 Å². The maximum Gasteiger partial charge on any atom is 0.111 e. The van der Waals surface area contributed by atoms with Crippen LogP contribution in [0.2, 0.25) is 0 Å². The highest BCUT2D eigenvalue weighted by atomic mass is 16.3. The molecule has 0 amide bonds. The number of rotatable bonds is 2. The van der Waals surface area contributed by atoms with E-state index in [2.05, 4.69) is 15.5 Å². The minimum Gasteiger partial charge on any atom is -0.392 e. The average Bonchev–Trinajstić information content (AvgIpc) is 2.64. The third kappa shape index (κ3) is 1.95. The van der Waals surface area contributed by atoms with Gasteiger partial charge < -0.3 is 9.67 Å². The molecule has 2 heterocycles. The van der Waals surface area contributed by atoms with Gasteiger partial charge in [-0.15, -0.1) is 0 Å². The smallest absolute Gasteiger partial charge is 0.111 e. The molecular formula is C16H21N3O. The van der Waals surface area contributed by atoms with Gasteiger partial charge in [0, 0.05) is 32.1 Å². The Morgan fingerprint density at radius 3 is 2.85 bits per heavy atom. The first-order valence-electron chi connectivity index (χ1n) is 7.68. The number of hydrogen-bond donors (Lipinski definition) is 1. The highest BCUT2D eigenvalue weighted by Crippen LogP contribution is 2.27. The van der Waals surface area contributed by atoms with E-state index in [9.17, 15) is 5.11 Å². The molecule has 20 heavy (non-hydrogen) atoms. The molecule has 1 saturated carbocycles. The molecule has 1 aliphatic heterocycles. The van der Waals surface area contributed by atoms with Gasteiger partial charge in [-0.05, 0) is 30.5 Å². The first-order chi connectivity index (χ1) is 9.85. The second-order valence-corrected chi connectivity index (χ2v) is 6.03. The topological polar surface area (TPSA) is 41.3 Å². The van der Waals surface area contributed by atoms with Crippen molar-refractivity contribution in [1.82, 2.24) is 14.5 Å². The second-order valence-electron chi connectivity index (χ2n) is 6.03. The zero-order chi connectivity index (χ0) is 13.5. The van der Waals surface area contributed by atoms with Crippen molar-refractivity contribution in [2.24, 2.45) is 0 Å². The number of imidazole rings is 1. The Morgan fingerprint density at radius 1 is 1.20 bits per heavy atom. The standard InChI is InChI=1S/C16H21N3O/c20-11-12-4-5-15-14(10-12)17-16-6-7-18(8-9-19(15)16)13-2-1-3-13/h4-5,10,13,20H,1-3,6-9,11H2. The predicted octanol–water partition coefficient (Wildman–Crippen LogP) is 1.94. The van der Waals surface area contributed by atoms with E-state index < -0.39 is 0 Å². The maximum absolute atomic E-state index is 9.23. The minimum absolute atomic E-state index is 0.0909. The van der Waals surface area contributed by atoms with Gasteiger partial charge in [-0.2, -0.15) is 0 Å². The van der Waals surface area contributed by atoms with Crippen molar-refractivity contribution < 1.29 is 5.11 Å². The number of aliphatic hydroxyl groups excluding tert-OH is 1. The summed E-state index contributed by atoms with van der Waals surface area (Å²) in [5.41, 5.74) is 3.19. The van der Waals surface area contributed by atoms with Crippen molar-refractivity contribution in [3.63, 3.8) is 0 Å². The van der Waals surface area contributed by atoms with E-state index in [1.807, 2.05) is 12.1 Å². The van der Waals surface area contributed by atoms with Crippen LogP contribution >= 0.6 is 0 Å². The van der Waals surface area contributed by atoms with E-state index in [0.29, 0.717) is 0 Å². The molecule has 2 aliphatic rings. The molecule has 2 aromatic rings. The Hall–Kier alpha value is -1.39. The first-order valence-corrected chi connectivity index (χ1v) is 7.68. The summed E-state index contributed by atoms with van der Waals surface area (Å²) < 4.78 is 2.37. The van der Waals surface area contributed by atoms with Crippen LogP contribution in [0.25, 0.3) is 11.0 Å². The van der Waals surface area contributed by atoms with E-state index >= 15 is 0 Å². The number of aromatic nitrogens is 2. The van der Waals surface area contributed by atoms with E-state index in [4.69, 9.17) is 4.98 Å². The average molecular weight is 271 g/mol. The zero-order valence-corrected chi connectivity index (χ0v) is 11.8. The summed E-state index contributed by atoms with van der Waals surface area (Å²) in [4.78, 5) is 7.43. The summed E-state index contributed by atoms with van der Waals surface area (Å²) in [7, 11) is 0. The third-order valence-corrected chi connectivity index (χ3v) is 4.90. The predicted molar refractivity (Wildman–Crippen MR) is 78.6 cm³/mol. The molecule has 1 aliphatic carbocycles. The summed E-state index contributed by atoms with van der Waals surface area (Å²) in [6, 6.07) is 6.95. The lowest BCUT2D eigenvalue weighted by molar-refractivity contribution is 0.130. The van der Waals surface area contributed by atoms with Crippen LogP contribution in [0, 0.1) is 0 Å². The maximum atomic E-state index is 9.23. The molecule has 4 heteroatoms. The van der Waals surface area contributed by atoms with Gasteiger partial charge in [-0.3, -0.25) is 4.90 Å². The van der Waals surface area contributed by atoms with Crippen molar-refractivity contribution in [2.45, 2.75) is 44.9 Å². The SMILES string of the molecule is OCc1ccc2c(c1)nc1n2CCN(C2CCC2)CC1. The molecule has 0 saturated heterocycles. The Balaban J connectivity index is 1.64. The fourth-order valence-corrected chi connectivity index (χ4v) is 3.46. The Morgan fingerprint density at radius 2 is 2.10 bits per heavy atom. The molecule has 0 unspecified atom stereocenters. The molecule has 4 rings (SSSR count). The minimum atomic E-state index is 0.0909. The van der Waals surface area contributed by atoms with Gasteiger partial charge >= 0.3 is 0 Å². The fourth-order valence-electron chi connectivity index (χ4n) is 3.46. The Bertz CT molecular complexity index is 630. The lowest BCUT2D eigenvalue weighted by Gasteiger charge is -2.36. The highest BCUT2D eigenvalue weighted by Gasteiger charge is 2.27. The molecule has 0 atom stereocenters. The van der Waals surface area contributed by atoms with Crippen LogP contribution < -0.4 is 0 Å². The summed E-state index contributed by atoms with van der Waals surface area (Å²) >= 11 is 0. The normalized spacial score (nSPS) is 20.6. The molecule has 0 radical (unpaired) electrons. The van der Waals surface area contributed by atoms with Crippen molar-refractivity contribution >= 4 is 11.0 Å². The van der Waals surface area contributed by atoms with Gasteiger partial charge in [0.1, 0.15) is 5.82 Å². The number of hydrogen-bond acceptors (Lipinski definition) is 3. The van der Waals surface area contributed by atoms with E-state index in [1.165, 1.54) is 30.6 Å². The van der Waals surface area contributed by atoms with Crippen LogP contribution in [0.15, 0.2) is 18.2 Å². The molecule has 1 fully saturated rings. The summed E-state index contributed by atoms with van der Waals surface area (Å²) in [5, 5.41) is 9.23. The third-order valence-electron chi connectivity index (χ3n) is 4.90. The first kappa shape index (κ1) is 12.4. The molecule has 106 valence electrons. The monoisotopic (exact) mass is 271 g/mol. The largest absolute Gasteiger partial charge is 0.392 e.